The molecule has 1 atom stereocenters. The van der Waals surface area contributed by atoms with Gasteiger partial charge in [0.2, 0.25) is 11.8 Å². The van der Waals surface area contributed by atoms with Gasteiger partial charge >= 0.3 is 0 Å². The van der Waals surface area contributed by atoms with Crippen LogP contribution in [0.5, 0.6) is 0 Å². The molecule has 0 aromatic heterocycles. The van der Waals surface area contributed by atoms with Gasteiger partial charge in [0.1, 0.15) is 12.5 Å². The fourth-order valence-electron chi connectivity index (χ4n) is 2.04. The summed E-state index contributed by atoms with van der Waals surface area (Å²) in [5, 5.41) is 2.68. The Morgan fingerprint density at radius 3 is 2.69 bits per heavy atom. The molecule has 2 aliphatic heterocycles. The van der Waals surface area contributed by atoms with E-state index in [0.29, 0.717) is 25.3 Å². The molecule has 0 bridgehead atoms. The van der Waals surface area contributed by atoms with Crippen molar-refractivity contribution in [2.24, 2.45) is 10.9 Å². The summed E-state index contributed by atoms with van der Waals surface area (Å²) >= 11 is 0. The second kappa shape index (κ2) is 3.57. The van der Waals surface area contributed by atoms with E-state index in [0.717, 1.165) is 0 Å². The van der Waals surface area contributed by atoms with Crippen LogP contribution >= 0.6 is 0 Å². The Morgan fingerprint density at radius 1 is 1.38 bits per heavy atom. The number of nitrogens with one attached hydrogen (secondary N) is 1. The Hall–Kier alpha value is -1.39. The number of aliphatic imine (C=N–C) groups is 1. The second-order valence-electron chi connectivity index (χ2n) is 5.26. The van der Waals surface area contributed by atoms with Gasteiger partial charge in [-0.2, -0.15) is 0 Å². The van der Waals surface area contributed by atoms with Crippen molar-refractivity contribution in [2.45, 2.75) is 39.2 Å². The third-order valence-corrected chi connectivity index (χ3v) is 3.01. The number of piperidine rings is 1. The number of fused-ring (bicyclic) bond motifs is 1. The van der Waals surface area contributed by atoms with Crippen molar-refractivity contribution in [2.75, 3.05) is 6.67 Å². The van der Waals surface area contributed by atoms with Crippen molar-refractivity contribution in [1.29, 1.82) is 0 Å². The molecule has 0 saturated carbocycles. The van der Waals surface area contributed by atoms with Gasteiger partial charge in [-0.1, -0.05) is 0 Å². The molecular formula is C11H17N3O2. The Kier molecular flexibility index (Phi) is 2.48. The third kappa shape index (κ3) is 1.81. The van der Waals surface area contributed by atoms with Crippen LogP contribution in [0.2, 0.25) is 0 Å². The van der Waals surface area contributed by atoms with Crippen molar-refractivity contribution in [3.63, 3.8) is 0 Å². The first-order valence-electron chi connectivity index (χ1n) is 5.55. The van der Waals surface area contributed by atoms with Crippen molar-refractivity contribution >= 4 is 17.6 Å². The first-order valence-corrected chi connectivity index (χ1v) is 5.55. The lowest BCUT2D eigenvalue weighted by Gasteiger charge is -2.41. The molecule has 2 amide bonds. The van der Waals surface area contributed by atoms with Gasteiger partial charge in [0.15, 0.2) is 0 Å². The van der Waals surface area contributed by atoms with Gasteiger partial charge in [-0.3, -0.25) is 9.59 Å². The van der Waals surface area contributed by atoms with Gasteiger partial charge in [-0.15, -0.1) is 0 Å². The van der Waals surface area contributed by atoms with E-state index in [9.17, 15) is 9.59 Å². The van der Waals surface area contributed by atoms with E-state index in [1.54, 1.807) is 4.90 Å². The van der Waals surface area contributed by atoms with Gasteiger partial charge < -0.3 is 10.2 Å². The highest BCUT2D eigenvalue weighted by atomic mass is 16.2. The number of hydrogen-bond acceptors (Lipinski definition) is 3. The Labute approximate surface area is 94.9 Å². The summed E-state index contributed by atoms with van der Waals surface area (Å²) in [4.78, 5) is 29.4. The van der Waals surface area contributed by atoms with Crippen LogP contribution in [0.1, 0.15) is 33.6 Å². The smallest absolute Gasteiger partial charge is 0.235 e. The van der Waals surface area contributed by atoms with Gasteiger partial charge in [0.05, 0.1) is 5.92 Å². The highest BCUT2D eigenvalue weighted by Gasteiger charge is 2.40. The van der Waals surface area contributed by atoms with Crippen LogP contribution in [0.15, 0.2) is 4.99 Å². The number of amidine groups is 1. The van der Waals surface area contributed by atoms with E-state index in [2.05, 4.69) is 10.3 Å². The van der Waals surface area contributed by atoms with Crippen LogP contribution in [0.4, 0.5) is 0 Å². The molecule has 0 aromatic rings. The first kappa shape index (κ1) is 11.1. The zero-order valence-corrected chi connectivity index (χ0v) is 9.91. The Morgan fingerprint density at radius 2 is 2.06 bits per heavy atom. The molecule has 2 heterocycles. The number of carbonyl (C=O) groups is 2. The van der Waals surface area contributed by atoms with Crippen molar-refractivity contribution in [3.05, 3.63) is 0 Å². The summed E-state index contributed by atoms with van der Waals surface area (Å²) in [6.45, 7) is 6.32. The summed E-state index contributed by atoms with van der Waals surface area (Å²) in [6, 6.07) is 0. The highest BCUT2D eigenvalue weighted by molar-refractivity contribution is 6.12. The normalized spacial score (nSPS) is 26.1. The number of rotatable bonds is 0. The summed E-state index contributed by atoms with van der Waals surface area (Å²) in [6.07, 6.45) is 0.990. The van der Waals surface area contributed by atoms with Crippen LogP contribution in [-0.2, 0) is 9.59 Å². The zero-order chi connectivity index (χ0) is 11.9. The zero-order valence-electron chi connectivity index (χ0n) is 9.91. The van der Waals surface area contributed by atoms with E-state index in [1.807, 2.05) is 20.8 Å². The molecule has 0 radical (unpaired) electrons. The average Bonchev–Trinajstić information content (AvgIpc) is 2.15. The summed E-state index contributed by atoms with van der Waals surface area (Å²) in [5.74, 6) is 0.358. The second-order valence-corrected chi connectivity index (χ2v) is 5.26. The summed E-state index contributed by atoms with van der Waals surface area (Å²) in [7, 11) is 0. The van der Waals surface area contributed by atoms with Crippen molar-refractivity contribution < 1.29 is 9.59 Å². The van der Waals surface area contributed by atoms with Crippen molar-refractivity contribution in [3.8, 4) is 0 Å². The predicted molar refractivity (Wildman–Crippen MR) is 59.8 cm³/mol. The predicted octanol–water partition coefficient (Wildman–Crippen LogP) is 0.509. The molecule has 88 valence electrons. The quantitative estimate of drug-likeness (QED) is 0.650. The van der Waals surface area contributed by atoms with Gasteiger partial charge in [0.25, 0.3) is 0 Å². The van der Waals surface area contributed by atoms with Crippen LogP contribution in [0, 0.1) is 5.92 Å². The fourth-order valence-corrected chi connectivity index (χ4v) is 2.04. The van der Waals surface area contributed by atoms with Crippen molar-refractivity contribution in [1.82, 2.24) is 10.2 Å². The number of hydrogen-bond donors (Lipinski definition) is 1. The SMILES string of the molecule is CC(C)(C)N1CN=C2NC(=O)CCC2C1=O. The van der Waals surface area contributed by atoms with Crippen LogP contribution in [0.3, 0.4) is 0 Å². The standard InChI is InChI=1S/C11H17N3O2/c1-11(2,3)14-6-12-9-7(10(14)16)4-5-8(15)13-9/h7H,4-6H2,1-3H3,(H,12,13,15). The highest BCUT2D eigenvalue weighted by Crippen LogP contribution is 2.25. The average molecular weight is 223 g/mol. The maximum atomic E-state index is 12.2. The van der Waals surface area contributed by atoms with E-state index in [4.69, 9.17) is 0 Å². The van der Waals surface area contributed by atoms with E-state index in [1.165, 1.54) is 0 Å². The number of nitrogens with zero attached hydrogens (tertiary/aromatic N) is 2. The van der Waals surface area contributed by atoms with Crippen LogP contribution < -0.4 is 5.32 Å². The van der Waals surface area contributed by atoms with Gasteiger partial charge in [-0.25, -0.2) is 4.99 Å². The van der Waals surface area contributed by atoms with Crippen LogP contribution in [0.25, 0.3) is 0 Å². The Balaban J connectivity index is 2.24. The largest absolute Gasteiger partial charge is 0.318 e. The monoisotopic (exact) mass is 223 g/mol. The lowest BCUT2D eigenvalue weighted by atomic mass is 9.92. The maximum absolute atomic E-state index is 12.2. The summed E-state index contributed by atoms with van der Waals surface area (Å²) in [5.41, 5.74) is -0.215. The molecule has 1 unspecified atom stereocenters. The molecule has 0 spiro atoms. The molecule has 1 saturated heterocycles. The number of amides is 2. The van der Waals surface area contributed by atoms with E-state index < -0.39 is 0 Å². The molecule has 0 aromatic carbocycles. The fraction of sp³-hybridized carbons (Fsp3) is 0.727. The molecule has 5 nitrogen and oxygen atoms in total. The minimum Gasteiger partial charge on any atom is -0.318 e. The molecule has 16 heavy (non-hydrogen) atoms. The van der Waals surface area contributed by atoms with Gasteiger partial charge in [0, 0.05) is 12.0 Å². The van der Waals surface area contributed by atoms with Crippen LogP contribution in [-0.4, -0.2) is 34.8 Å². The van der Waals surface area contributed by atoms with E-state index >= 15 is 0 Å². The lowest BCUT2D eigenvalue weighted by molar-refractivity contribution is -0.139. The topological polar surface area (TPSA) is 61.8 Å². The third-order valence-electron chi connectivity index (χ3n) is 3.01. The lowest BCUT2D eigenvalue weighted by Crippen LogP contribution is -2.57. The molecular weight excluding hydrogens is 206 g/mol. The first-order chi connectivity index (χ1) is 7.39. The summed E-state index contributed by atoms with van der Waals surface area (Å²) < 4.78 is 0. The molecule has 5 heteroatoms. The molecule has 1 fully saturated rings. The molecule has 0 aliphatic carbocycles. The Bertz CT molecular complexity index is 368. The van der Waals surface area contributed by atoms with E-state index in [-0.39, 0.29) is 23.3 Å². The minimum absolute atomic E-state index is 0.0352. The maximum Gasteiger partial charge on any atom is 0.235 e. The molecule has 2 aliphatic rings. The van der Waals surface area contributed by atoms with Gasteiger partial charge in [-0.05, 0) is 27.2 Å². The minimum atomic E-state index is -0.245. The molecule has 2 rings (SSSR count). The number of carbonyl (C=O) groups excluding carboxylic acids is 2. The molecule has 1 N–H and O–H groups in total.